The number of carbonyl (C=O) groups excluding carboxylic acids is 2. The fourth-order valence-electron chi connectivity index (χ4n) is 4.00. The molecule has 1 fully saturated rings. The van der Waals surface area contributed by atoms with E-state index in [1.807, 2.05) is 4.90 Å². The van der Waals surface area contributed by atoms with E-state index in [4.69, 9.17) is 4.74 Å². The van der Waals surface area contributed by atoms with E-state index in [-0.39, 0.29) is 28.3 Å². The van der Waals surface area contributed by atoms with Gasteiger partial charge in [0.25, 0.3) is 15.9 Å². The SMILES string of the molecule is CC(=O)c1ccc(S(=O)(=O)Nc2ccc3c(c2)C(=O)N2CCCCC2CCO3)cc1. The molecule has 158 valence electrons. The number of Topliss-reactive ketones (excluding diaryl/α,β-unsaturated/α-hetero) is 1. The lowest BCUT2D eigenvalue weighted by molar-refractivity contribution is 0.0548. The van der Waals surface area contributed by atoms with Crippen LogP contribution in [0.15, 0.2) is 47.4 Å². The molecule has 2 aromatic rings. The van der Waals surface area contributed by atoms with Crippen LogP contribution in [0.4, 0.5) is 5.69 Å². The van der Waals surface area contributed by atoms with Gasteiger partial charge in [0, 0.05) is 30.3 Å². The van der Waals surface area contributed by atoms with Gasteiger partial charge in [-0.1, -0.05) is 12.1 Å². The van der Waals surface area contributed by atoms with E-state index in [0.717, 1.165) is 25.7 Å². The van der Waals surface area contributed by atoms with Crippen molar-refractivity contribution < 1.29 is 22.7 Å². The van der Waals surface area contributed by atoms with Gasteiger partial charge in [-0.3, -0.25) is 14.3 Å². The van der Waals surface area contributed by atoms with Crippen LogP contribution in [0.1, 0.15) is 53.3 Å². The number of ketones is 1. The average Bonchev–Trinajstić information content (AvgIpc) is 2.73. The van der Waals surface area contributed by atoms with Crippen molar-refractivity contribution in [1.29, 1.82) is 0 Å². The number of carbonyl (C=O) groups is 2. The zero-order valence-corrected chi connectivity index (χ0v) is 17.6. The molecule has 1 N–H and O–H groups in total. The van der Waals surface area contributed by atoms with Crippen molar-refractivity contribution in [2.45, 2.75) is 43.5 Å². The van der Waals surface area contributed by atoms with E-state index < -0.39 is 10.0 Å². The third kappa shape index (κ3) is 4.05. The highest BCUT2D eigenvalue weighted by molar-refractivity contribution is 7.92. The van der Waals surface area contributed by atoms with E-state index in [9.17, 15) is 18.0 Å². The van der Waals surface area contributed by atoms with E-state index in [1.54, 1.807) is 12.1 Å². The topological polar surface area (TPSA) is 92.8 Å². The summed E-state index contributed by atoms with van der Waals surface area (Å²) in [5, 5.41) is 0. The molecule has 4 rings (SSSR count). The Morgan fingerprint density at radius 3 is 2.60 bits per heavy atom. The largest absolute Gasteiger partial charge is 0.493 e. The highest BCUT2D eigenvalue weighted by atomic mass is 32.2. The smallest absolute Gasteiger partial charge is 0.261 e. The van der Waals surface area contributed by atoms with Crippen molar-refractivity contribution >= 4 is 27.4 Å². The molecule has 2 aromatic carbocycles. The van der Waals surface area contributed by atoms with Crippen molar-refractivity contribution in [3.63, 3.8) is 0 Å². The van der Waals surface area contributed by atoms with Gasteiger partial charge < -0.3 is 9.64 Å². The highest BCUT2D eigenvalue weighted by Crippen LogP contribution is 2.31. The van der Waals surface area contributed by atoms with Crippen molar-refractivity contribution in [2.75, 3.05) is 17.9 Å². The summed E-state index contributed by atoms with van der Waals surface area (Å²) in [7, 11) is -3.87. The van der Waals surface area contributed by atoms with Gasteiger partial charge in [0.1, 0.15) is 5.75 Å². The molecule has 1 saturated heterocycles. The number of rotatable bonds is 4. The second-order valence-corrected chi connectivity index (χ2v) is 9.36. The summed E-state index contributed by atoms with van der Waals surface area (Å²) >= 11 is 0. The lowest BCUT2D eigenvalue weighted by atomic mass is 9.97. The number of piperidine rings is 1. The van der Waals surface area contributed by atoms with E-state index in [2.05, 4.69) is 4.72 Å². The molecule has 2 heterocycles. The van der Waals surface area contributed by atoms with Crippen LogP contribution in [-0.4, -0.2) is 44.2 Å². The minimum absolute atomic E-state index is 0.0397. The molecule has 8 heteroatoms. The normalized spacial score (nSPS) is 19.0. The lowest BCUT2D eigenvalue weighted by Gasteiger charge is -2.37. The van der Waals surface area contributed by atoms with Gasteiger partial charge in [-0.05, 0) is 56.5 Å². The molecule has 2 aliphatic rings. The first-order valence-corrected chi connectivity index (χ1v) is 11.5. The molecule has 1 unspecified atom stereocenters. The zero-order valence-electron chi connectivity index (χ0n) is 16.8. The summed E-state index contributed by atoms with van der Waals surface area (Å²) in [5.41, 5.74) is 1.10. The predicted molar refractivity (Wildman–Crippen MR) is 112 cm³/mol. The first-order chi connectivity index (χ1) is 14.3. The van der Waals surface area contributed by atoms with E-state index in [0.29, 0.717) is 30.0 Å². The van der Waals surface area contributed by atoms with Gasteiger partial charge in [-0.2, -0.15) is 0 Å². The van der Waals surface area contributed by atoms with E-state index in [1.165, 1.54) is 37.3 Å². The van der Waals surface area contributed by atoms with Crippen LogP contribution in [-0.2, 0) is 10.0 Å². The van der Waals surface area contributed by atoms with Crippen molar-refractivity contribution in [1.82, 2.24) is 4.90 Å². The van der Waals surface area contributed by atoms with Crippen LogP contribution in [0, 0.1) is 0 Å². The summed E-state index contributed by atoms with van der Waals surface area (Å²) in [6.45, 7) is 2.65. The van der Waals surface area contributed by atoms with Gasteiger partial charge in [0.15, 0.2) is 5.78 Å². The van der Waals surface area contributed by atoms with Crippen LogP contribution in [0.3, 0.4) is 0 Å². The summed E-state index contributed by atoms with van der Waals surface area (Å²) < 4.78 is 33.8. The first kappa shape index (κ1) is 20.4. The Bertz CT molecular complexity index is 1080. The summed E-state index contributed by atoms with van der Waals surface area (Å²) in [4.78, 5) is 26.5. The number of sulfonamides is 1. The second kappa shape index (κ2) is 8.10. The maximum atomic E-state index is 13.1. The Kier molecular flexibility index (Phi) is 5.51. The molecule has 0 radical (unpaired) electrons. The first-order valence-electron chi connectivity index (χ1n) is 10.1. The maximum absolute atomic E-state index is 13.1. The van der Waals surface area contributed by atoms with Crippen LogP contribution in [0.25, 0.3) is 0 Å². The number of anilines is 1. The van der Waals surface area contributed by atoms with Gasteiger partial charge >= 0.3 is 0 Å². The number of benzene rings is 2. The monoisotopic (exact) mass is 428 g/mol. The van der Waals surface area contributed by atoms with Crippen molar-refractivity contribution in [3.8, 4) is 5.75 Å². The van der Waals surface area contributed by atoms with Gasteiger partial charge in [0.05, 0.1) is 17.1 Å². The number of nitrogens with zero attached hydrogens (tertiary/aromatic N) is 1. The second-order valence-electron chi connectivity index (χ2n) is 7.68. The molecule has 7 nitrogen and oxygen atoms in total. The Morgan fingerprint density at radius 2 is 1.87 bits per heavy atom. The maximum Gasteiger partial charge on any atom is 0.261 e. The minimum Gasteiger partial charge on any atom is -0.493 e. The number of ether oxygens (including phenoxy) is 1. The van der Waals surface area contributed by atoms with Crippen molar-refractivity contribution in [2.24, 2.45) is 0 Å². The van der Waals surface area contributed by atoms with Gasteiger partial charge in [-0.15, -0.1) is 0 Å². The zero-order chi connectivity index (χ0) is 21.3. The quantitative estimate of drug-likeness (QED) is 0.753. The molecule has 0 saturated carbocycles. The molecule has 0 bridgehead atoms. The molecule has 1 atom stereocenters. The van der Waals surface area contributed by atoms with Gasteiger partial charge in [0.2, 0.25) is 0 Å². The fraction of sp³-hybridized carbons (Fsp3) is 0.364. The van der Waals surface area contributed by atoms with Crippen molar-refractivity contribution in [3.05, 3.63) is 53.6 Å². The third-order valence-corrected chi connectivity index (χ3v) is 7.03. The van der Waals surface area contributed by atoms with Crippen LogP contribution in [0.5, 0.6) is 5.75 Å². The summed E-state index contributed by atoms with van der Waals surface area (Å²) in [6, 6.07) is 10.7. The Morgan fingerprint density at radius 1 is 1.10 bits per heavy atom. The summed E-state index contributed by atoms with van der Waals surface area (Å²) in [6.07, 6.45) is 3.84. The number of fused-ring (bicyclic) bond motifs is 2. The minimum atomic E-state index is -3.87. The molecular formula is C22H24N2O5S. The number of hydrogen-bond donors (Lipinski definition) is 1. The average molecular weight is 429 g/mol. The third-order valence-electron chi connectivity index (χ3n) is 5.63. The molecule has 0 spiro atoms. The Balaban J connectivity index is 1.61. The van der Waals surface area contributed by atoms with Crippen LogP contribution < -0.4 is 9.46 Å². The molecule has 2 aliphatic heterocycles. The Hall–Kier alpha value is -2.87. The Labute approximate surface area is 176 Å². The number of hydrogen-bond acceptors (Lipinski definition) is 5. The summed E-state index contributed by atoms with van der Waals surface area (Å²) in [5.74, 6) is 0.210. The van der Waals surface area contributed by atoms with Crippen LogP contribution in [0.2, 0.25) is 0 Å². The van der Waals surface area contributed by atoms with E-state index >= 15 is 0 Å². The molecular weight excluding hydrogens is 404 g/mol. The molecule has 0 aromatic heterocycles. The lowest BCUT2D eigenvalue weighted by Crippen LogP contribution is -2.45. The molecule has 1 amide bonds. The molecule has 30 heavy (non-hydrogen) atoms. The molecule has 0 aliphatic carbocycles. The fourth-order valence-corrected chi connectivity index (χ4v) is 5.05. The van der Waals surface area contributed by atoms with Crippen LogP contribution >= 0.6 is 0 Å². The predicted octanol–water partition coefficient (Wildman–Crippen LogP) is 3.47. The standard InChI is InChI=1S/C22H24N2O5S/c1-15(25)16-5-8-19(9-6-16)30(27,28)23-17-7-10-21-20(14-17)22(26)24-12-3-2-4-18(24)11-13-29-21/h5-10,14,18,23H,2-4,11-13H2,1H3. The number of nitrogens with one attached hydrogen (secondary N) is 1. The van der Waals surface area contributed by atoms with Gasteiger partial charge in [-0.25, -0.2) is 8.42 Å². The number of amides is 1. The highest BCUT2D eigenvalue weighted by Gasteiger charge is 2.31.